The molecule has 6 heteroatoms. The van der Waals surface area contributed by atoms with Gasteiger partial charge in [0.1, 0.15) is 5.57 Å². The van der Waals surface area contributed by atoms with E-state index in [0.717, 1.165) is 16.3 Å². The molecule has 2 heterocycles. The van der Waals surface area contributed by atoms with E-state index < -0.39 is 17.2 Å². The number of amides is 1. The van der Waals surface area contributed by atoms with Gasteiger partial charge in [-0.25, -0.2) is 0 Å². The third-order valence-electron chi connectivity index (χ3n) is 5.59. The van der Waals surface area contributed by atoms with E-state index in [1.165, 1.54) is 0 Å². The number of hydrogen-bond acceptors (Lipinski definition) is 3. The molecule has 1 aliphatic heterocycles. The van der Waals surface area contributed by atoms with E-state index in [1.807, 2.05) is 49.4 Å². The Balaban J connectivity index is 1.79. The van der Waals surface area contributed by atoms with Gasteiger partial charge in [-0.05, 0) is 47.5 Å². The van der Waals surface area contributed by atoms with Crippen molar-refractivity contribution in [2.75, 3.05) is 11.4 Å². The van der Waals surface area contributed by atoms with Crippen molar-refractivity contribution in [3.63, 3.8) is 0 Å². The molecule has 4 aromatic rings. The van der Waals surface area contributed by atoms with Gasteiger partial charge in [0.05, 0.1) is 16.3 Å². The molecule has 0 radical (unpaired) electrons. The highest BCUT2D eigenvalue weighted by molar-refractivity contribution is 6.51. The largest absolute Gasteiger partial charge is 0.308 e. The number of fused-ring (bicyclic) bond motifs is 2. The molecule has 6 nitrogen and oxygen atoms in total. The van der Waals surface area contributed by atoms with Crippen molar-refractivity contribution in [1.29, 1.82) is 0 Å². The highest BCUT2D eigenvalue weighted by atomic mass is 16.2. The second kappa shape index (κ2) is 7.25. The molecule has 0 fully saturated rings. The summed E-state index contributed by atoms with van der Waals surface area (Å²) < 4.78 is 0. The topological polar surface area (TPSA) is 86.0 Å². The highest BCUT2D eigenvalue weighted by Crippen LogP contribution is 2.29. The van der Waals surface area contributed by atoms with Crippen LogP contribution in [0, 0.1) is 0 Å². The summed E-state index contributed by atoms with van der Waals surface area (Å²) in [5.74, 6) is -0.816. The molecule has 152 valence electrons. The Labute approximate surface area is 177 Å². The summed E-state index contributed by atoms with van der Waals surface area (Å²) in [6, 6.07) is 20.8. The lowest BCUT2D eigenvalue weighted by Gasteiger charge is -2.28. The Bertz CT molecular complexity index is 1540. The average molecular weight is 409 g/mol. The lowest BCUT2D eigenvalue weighted by molar-refractivity contribution is -0.113. The monoisotopic (exact) mass is 409 g/mol. The first-order valence-corrected chi connectivity index (χ1v) is 10.1. The van der Waals surface area contributed by atoms with Gasteiger partial charge in [-0.2, -0.15) is 0 Å². The van der Waals surface area contributed by atoms with Crippen LogP contribution in [-0.4, -0.2) is 28.4 Å². The number of carbonyl (C=O) groups is 2. The van der Waals surface area contributed by atoms with Gasteiger partial charge in [-0.3, -0.25) is 24.6 Å². The van der Waals surface area contributed by atoms with Gasteiger partial charge < -0.3 is 4.90 Å². The number of nitrogens with one attached hydrogen (secondary N) is 2. The minimum Gasteiger partial charge on any atom is -0.308 e. The maximum Gasteiger partial charge on any atom is 0.271 e. The third-order valence-corrected chi connectivity index (χ3v) is 5.59. The lowest BCUT2D eigenvalue weighted by Crippen LogP contribution is -2.45. The molecule has 0 bridgehead atoms. The molecule has 0 unspecified atom stereocenters. The fourth-order valence-corrected chi connectivity index (χ4v) is 4.08. The number of para-hydroxylation sites is 1. The van der Waals surface area contributed by atoms with Gasteiger partial charge >= 0.3 is 0 Å². The zero-order chi connectivity index (χ0) is 21.5. The van der Waals surface area contributed by atoms with Gasteiger partial charge in [0.15, 0.2) is 0 Å². The Morgan fingerprint density at radius 3 is 2.42 bits per heavy atom. The van der Waals surface area contributed by atoms with E-state index in [4.69, 9.17) is 0 Å². The van der Waals surface area contributed by atoms with Crippen LogP contribution in [0.2, 0.25) is 0 Å². The number of aromatic amines is 2. The van der Waals surface area contributed by atoms with E-state index in [0.29, 0.717) is 17.8 Å². The highest BCUT2D eigenvalue weighted by Gasteiger charge is 2.35. The second-order valence-electron chi connectivity index (χ2n) is 7.39. The number of carbonyl (C=O) groups excluding carboxylic acids is 2. The first kappa shape index (κ1) is 18.8. The first-order valence-electron chi connectivity index (χ1n) is 10.1. The Morgan fingerprint density at radius 1 is 0.871 bits per heavy atom. The number of H-pyrrole nitrogens is 2. The molecule has 0 saturated carbocycles. The Hall–Kier alpha value is -4.19. The Kier molecular flexibility index (Phi) is 4.40. The fourth-order valence-electron chi connectivity index (χ4n) is 4.08. The lowest BCUT2D eigenvalue weighted by atomic mass is 9.94. The maximum atomic E-state index is 13.2. The number of aromatic nitrogens is 2. The van der Waals surface area contributed by atoms with Gasteiger partial charge in [0.2, 0.25) is 5.78 Å². The molecule has 3 aromatic carbocycles. The van der Waals surface area contributed by atoms with Crippen molar-refractivity contribution in [1.82, 2.24) is 10.2 Å². The number of ketones is 1. The van der Waals surface area contributed by atoms with Crippen LogP contribution in [-0.2, 0) is 4.79 Å². The van der Waals surface area contributed by atoms with Crippen molar-refractivity contribution >= 4 is 39.8 Å². The number of Topliss-reactive ketones (excluding diaryl/α,β-unsaturated/α-hetero) is 1. The quantitative estimate of drug-likeness (QED) is 0.532. The minimum atomic E-state index is -0.422. The predicted molar refractivity (Wildman–Crippen MR) is 120 cm³/mol. The van der Waals surface area contributed by atoms with Crippen LogP contribution in [0.1, 0.15) is 22.8 Å². The normalized spacial score (nSPS) is 16.2. The molecular formula is C25H19N3O3. The van der Waals surface area contributed by atoms with Gasteiger partial charge in [0.25, 0.3) is 11.5 Å². The van der Waals surface area contributed by atoms with Gasteiger partial charge in [-0.1, -0.05) is 48.5 Å². The summed E-state index contributed by atoms with van der Waals surface area (Å²) in [6.45, 7) is 2.26. The summed E-state index contributed by atoms with van der Waals surface area (Å²) in [6.07, 6.45) is 1.70. The smallest absolute Gasteiger partial charge is 0.271 e. The van der Waals surface area contributed by atoms with Crippen LogP contribution in [0.4, 0.5) is 5.69 Å². The van der Waals surface area contributed by atoms with Crippen LogP contribution < -0.4 is 21.0 Å². The van der Waals surface area contributed by atoms with Crippen LogP contribution in [0.25, 0.3) is 22.4 Å². The number of benzene rings is 3. The zero-order valence-electron chi connectivity index (χ0n) is 16.8. The first-order chi connectivity index (χ1) is 15.1. The van der Waals surface area contributed by atoms with E-state index in [9.17, 15) is 14.4 Å². The number of rotatable bonds is 2. The van der Waals surface area contributed by atoms with Crippen LogP contribution in [0.5, 0.6) is 0 Å². The van der Waals surface area contributed by atoms with Gasteiger partial charge in [-0.15, -0.1) is 0 Å². The molecule has 1 amide bonds. The molecule has 31 heavy (non-hydrogen) atoms. The standard InChI is InChI=1S/C25H19N3O3/c1-2-28-20-10-6-5-9-18(20)23(29)21(25(28)31)22-19(24(30)27-26-22)14-15-11-12-16-7-3-4-8-17(16)13-15/h3-14,26H,2H2,1H3,(H,27,30)/b19-14-,22-21+. The molecule has 0 atom stereocenters. The SMILES string of the molecule is CCN1C(=O)/C(=c2/[nH][nH]c(=O)/c2=C\c2ccc3ccccc3c2)C(=O)c2ccccc21. The molecule has 0 aliphatic carbocycles. The van der Waals surface area contributed by atoms with Crippen molar-refractivity contribution < 1.29 is 9.59 Å². The predicted octanol–water partition coefficient (Wildman–Crippen LogP) is 2.09. The van der Waals surface area contributed by atoms with E-state index in [1.54, 1.807) is 35.2 Å². The van der Waals surface area contributed by atoms with Crippen LogP contribution in [0.15, 0.2) is 71.5 Å². The average Bonchev–Trinajstić information content (AvgIpc) is 3.14. The van der Waals surface area contributed by atoms with Crippen LogP contribution >= 0.6 is 0 Å². The molecule has 1 aliphatic rings. The van der Waals surface area contributed by atoms with Crippen molar-refractivity contribution in [2.24, 2.45) is 0 Å². The Morgan fingerprint density at radius 2 is 1.61 bits per heavy atom. The van der Waals surface area contributed by atoms with E-state index in [2.05, 4.69) is 10.2 Å². The summed E-state index contributed by atoms with van der Waals surface area (Å²) in [5.41, 5.74) is 1.40. The maximum absolute atomic E-state index is 13.2. The molecule has 0 spiro atoms. The molecule has 0 saturated heterocycles. The van der Waals surface area contributed by atoms with E-state index in [-0.39, 0.29) is 16.1 Å². The van der Waals surface area contributed by atoms with Crippen molar-refractivity contribution in [3.05, 3.63) is 98.8 Å². The number of nitrogens with zero attached hydrogens (tertiary/aromatic N) is 1. The molecule has 5 rings (SSSR count). The van der Waals surface area contributed by atoms with Crippen molar-refractivity contribution in [3.8, 4) is 0 Å². The summed E-state index contributed by atoms with van der Waals surface area (Å²) >= 11 is 0. The van der Waals surface area contributed by atoms with Gasteiger partial charge in [0, 0.05) is 12.1 Å². The summed E-state index contributed by atoms with van der Waals surface area (Å²) in [7, 11) is 0. The fraction of sp³-hybridized carbons (Fsp3) is 0.0800. The zero-order valence-corrected chi connectivity index (χ0v) is 16.8. The minimum absolute atomic E-state index is 0.0362. The van der Waals surface area contributed by atoms with Crippen molar-refractivity contribution in [2.45, 2.75) is 6.92 Å². The number of anilines is 1. The second-order valence-corrected chi connectivity index (χ2v) is 7.39. The number of hydrogen-bond donors (Lipinski definition) is 2. The third kappa shape index (κ3) is 3.00. The van der Waals surface area contributed by atoms with E-state index >= 15 is 0 Å². The van der Waals surface area contributed by atoms with Crippen LogP contribution in [0.3, 0.4) is 0 Å². The summed E-state index contributed by atoms with van der Waals surface area (Å²) in [4.78, 5) is 40.6. The summed E-state index contributed by atoms with van der Waals surface area (Å²) in [5, 5.41) is 7.88. The molecule has 1 aromatic heterocycles. The molecular weight excluding hydrogens is 390 g/mol. The molecule has 2 N–H and O–H groups in total.